The summed E-state index contributed by atoms with van der Waals surface area (Å²) < 4.78 is 1.52. The van der Waals surface area contributed by atoms with E-state index in [9.17, 15) is 0 Å². The third-order valence-electron chi connectivity index (χ3n) is 1.61. The maximum absolute atomic E-state index is 5.76. The Hall–Kier alpha value is -0.730. The molecule has 0 saturated carbocycles. The number of nitrogens with zero attached hydrogens (tertiary/aromatic N) is 1. The highest BCUT2D eigenvalue weighted by molar-refractivity contribution is 6.25. The fourth-order valence-electron chi connectivity index (χ4n) is 1.09. The summed E-state index contributed by atoms with van der Waals surface area (Å²) in [5.41, 5.74) is 5.29. The normalized spacial score (nSPS) is 15.5. The molecule has 0 spiro atoms. The molecule has 0 fully saturated rings. The molecule has 1 aliphatic rings. The van der Waals surface area contributed by atoms with Crippen molar-refractivity contribution in [1.29, 1.82) is 0 Å². The molecule has 0 saturated heterocycles. The zero-order chi connectivity index (χ0) is 6.97. The lowest BCUT2D eigenvalue weighted by Gasteiger charge is -2.05. The molecule has 3 heteroatoms. The first kappa shape index (κ1) is 6.01. The lowest BCUT2D eigenvalue weighted by Crippen LogP contribution is -2.20. The van der Waals surface area contributed by atoms with E-state index >= 15 is 0 Å². The van der Waals surface area contributed by atoms with E-state index < -0.39 is 0 Å². The molecule has 52 valence electrons. The van der Waals surface area contributed by atoms with Crippen molar-refractivity contribution < 1.29 is 0 Å². The quantitative estimate of drug-likeness (QED) is 0.572. The molecule has 0 amide bonds. The monoisotopic (exact) mass is 154 g/mol. The van der Waals surface area contributed by atoms with Crippen LogP contribution in [0.4, 0.5) is 5.69 Å². The summed E-state index contributed by atoms with van der Waals surface area (Å²) in [4.78, 5) is 0. The van der Waals surface area contributed by atoms with Crippen molar-refractivity contribution >= 4 is 17.5 Å². The minimum Gasteiger partial charge on any atom is -0.217 e. The predicted molar refractivity (Wildman–Crippen MR) is 41.6 cm³/mol. The highest BCUT2D eigenvalue weighted by Gasteiger charge is 2.14. The number of hydrogen-bond donors (Lipinski definition) is 1. The van der Waals surface area contributed by atoms with Gasteiger partial charge in [-0.2, -0.15) is 0 Å². The maximum Gasteiger partial charge on any atom is 0.0751 e. The second-order valence-corrected chi connectivity index (χ2v) is 2.58. The topological polar surface area (TPSA) is 15.3 Å². The summed E-state index contributed by atoms with van der Waals surface area (Å²) in [5.74, 6) is 0. The first-order chi connectivity index (χ1) is 4.88. The number of hydrazine groups is 1. The molecule has 1 aromatic carbocycles. The van der Waals surface area contributed by atoms with Crippen LogP contribution >= 0.6 is 11.8 Å². The van der Waals surface area contributed by atoms with Gasteiger partial charge in [0.05, 0.1) is 5.69 Å². The Balaban J connectivity index is 2.51. The van der Waals surface area contributed by atoms with Crippen molar-refractivity contribution in [3.8, 4) is 0 Å². The summed E-state index contributed by atoms with van der Waals surface area (Å²) >= 11 is 5.76. The Kier molecular flexibility index (Phi) is 1.29. The summed E-state index contributed by atoms with van der Waals surface area (Å²) in [7, 11) is 0. The first-order valence-electron chi connectivity index (χ1n) is 3.15. The Morgan fingerprint density at radius 2 is 2.20 bits per heavy atom. The van der Waals surface area contributed by atoms with Crippen molar-refractivity contribution in [2.24, 2.45) is 0 Å². The van der Waals surface area contributed by atoms with Crippen LogP contribution in [0.5, 0.6) is 0 Å². The molecule has 10 heavy (non-hydrogen) atoms. The highest BCUT2D eigenvalue weighted by Crippen LogP contribution is 2.25. The molecular formula is C7H7ClN2. The van der Waals surface area contributed by atoms with Crippen LogP contribution in [0, 0.1) is 0 Å². The Labute approximate surface area is 64.5 Å². The molecule has 1 heterocycles. The van der Waals surface area contributed by atoms with Gasteiger partial charge < -0.3 is 0 Å². The van der Waals surface area contributed by atoms with Gasteiger partial charge in [-0.1, -0.05) is 18.2 Å². The minimum atomic E-state index is 0.833. The second-order valence-electron chi connectivity index (χ2n) is 2.24. The SMILES string of the molecule is ClN1NCc2ccccc21. The van der Waals surface area contributed by atoms with Gasteiger partial charge in [-0.15, -0.1) is 0 Å². The van der Waals surface area contributed by atoms with Crippen molar-refractivity contribution in [2.75, 3.05) is 4.53 Å². The zero-order valence-electron chi connectivity index (χ0n) is 5.34. The molecule has 0 aliphatic carbocycles. The van der Waals surface area contributed by atoms with E-state index in [2.05, 4.69) is 11.5 Å². The summed E-state index contributed by atoms with van der Waals surface area (Å²) in [6.45, 7) is 0.833. The van der Waals surface area contributed by atoms with Gasteiger partial charge in [0, 0.05) is 18.3 Å². The van der Waals surface area contributed by atoms with Crippen LogP contribution in [0.1, 0.15) is 5.56 Å². The van der Waals surface area contributed by atoms with Crippen molar-refractivity contribution in [3.63, 3.8) is 0 Å². The van der Waals surface area contributed by atoms with Gasteiger partial charge in [0.1, 0.15) is 0 Å². The number of para-hydroxylation sites is 1. The average molecular weight is 155 g/mol. The summed E-state index contributed by atoms with van der Waals surface area (Å²) in [6, 6.07) is 8.03. The van der Waals surface area contributed by atoms with Gasteiger partial charge >= 0.3 is 0 Å². The van der Waals surface area contributed by atoms with Crippen LogP contribution in [0.15, 0.2) is 24.3 Å². The third kappa shape index (κ3) is 0.770. The number of benzene rings is 1. The molecule has 0 bridgehead atoms. The molecule has 2 rings (SSSR count). The largest absolute Gasteiger partial charge is 0.217 e. The van der Waals surface area contributed by atoms with Crippen LogP contribution in [0.2, 0.25) is 0 Å². The molecule has 0 unspecified atom stereocenters. The molecule has 0 aromatic heterocycles. The van der Waals surface area contributed by atoms with E-state index in [4.69, 9.17) is 11.8 Å². The van der Waals surface area contributed by atoms with E-state index in [1.807, 2.05) is 18.2 Å². The maximum atomic E-state index is 5.76. The average Bonchev–Trinajstić information content (AvgIpc) is 2.34. The number of halogens is 1. The van der Waals surface area contributed by atoms with Crippen LogP contribution in [0.3, 0.4) is 0 Å². The standard InChI is InChI=1S/C7H7ClN2/c8-10-7-4-2-1-3-6(7)5-9-10/h1-4,9H,5H2. The number of nitrogens with one attached hydrogen (secondary N) is 1. The van der Waals surface area contributed by atoms with Gasteiger partial charge in [-0.05, 0) is 11.6 Å². The number of rotatable bonds is 0. The Morgan fingerprint density at radius 1 is 1.40 bits per heavy atom. The van der Waals surface area contributed by atoms with Crippen LogP contribution in [0.25, 0.3) is 0 Å². The van der Waals surface area contributed by atoms with E-state index in [0.29, 0.717) is 0 Å². The molecule has 1 N–H and O–H groups in total. The second kappa shape index (κ2) is 2.15. The van der Waals surface area contributed by atoms with Crippen LogP contribution < -0.4 is 9.95 Å². The van der Waals surface area contributed by atoms with Crippen LogP contribution in [-0.2, 0) is 6.54 Å². The molecule has 1 aromatic rings. The summed E-state index contributed by atoms with van der Waals surface area (Å²) in [5, 5.41) is 0. The molecular weight excluding hydrogens is 148 g/mol. The fraction of sp³-hybridized carbons (Fsp3) is 0.143. The van der Waals surface area contributed by atoms with E-state index in [-0.39, 0.29) is 0 Å². The van der Waals surface area contributed by atoms with Crippen molar-refractivity contribution in [3.05, 3.63) is 29.8 Å². The molecule has 0 atom stereocenters. The number of hydrogen-bond acceptors (Lipinski definition) is 2. The third-order valence-corrected chi connectivity index (χ3v) is 1.91. The van der Waals surface area contributed by atoms with Crippen LogP contribution in [-0.4, -0.2) is 0 Å². The Bertz CT molecular complexity index is 249. The zero-order valence-corrected chi connectivity index (χ0v) is 6.10. The van der Waals surface area contributed by atoms with Gasteiger partial charge in [-0.25, -0.2) is 9.95 Å². The highest BCUT2D eigenvalue weighted by atomic mass is 35.5. The van der Waals surface area contributed by atoms with Crippen molar-refractivity contribution in [2.45, 2.75) is 6.54 Å². The van der Waals surface area contributed by atoms with Gasteiger partial charge in [0.25, 0.3) is 0 Å². The summed E-state index contributed by atoms with van der Waals surface area (Å²) in [6.07, 6.45) is 0. The molecule has 1 aliphatic heterocycles. The predicted octanol–water partition coefficient (Wildman–Crippen LogP) is 1.67. The van der Waals surface area contributed by atoms with Gasteiger partial charge in [0.15, 0.2) is 0 Å². The first-order valence-corrected chi connectivity index (χ1v) is 3.49. The smallest absolute Gasteiger partial charge is 0.0751 e. The lowest BCUT2D eigenvalue weighted by molar-refractivity contribution is 0.801. The minimum absolute atomic E-state index is 0.833. The molecule has 2 nitrogen and oxygen atoms in total. The van der Waals surface area contributed by atoms with Gasteiger partial charge in [0.2, 0.25) is 0 Å². The van der Waals surface area contributed by atoms with E-state index in [1.54, 1.807) is 0 Å². The Morgan fingerprint density at radius 3 is 3.00 bits per heavy atom. The van der Waals surface area contributed by atoms with E-state index in [0.717, 1.165) is 12.2 Å². The fourth-order valence-corrected chi connectivity index (χ4v) is 1.32. The van der Waals surface area contributed by atoms with Crippen molar-refractivity contribution in [1.82, 2.24) is 5.43 Å². The number of fused-ring (bicyclic) bond motifs is 1. The lowest BCUT2D eigenvalue weighted by atomic mass is 10.2. The van der Waals surface area contributed by atoms with E-state index in [1.165, 1.54) is 10.1 Å². The van der Waals surface area contributed by atoms with Gasteiger partial charge in [-0.3, -0.25) is 0 Å². The number of anilines is 1. The molecule has 0 radical (unpaired) electrons.